The molecule has 8 aromatic carbocycles. The Morgan fingerprint density at radius 1 is 0.448 bits per heavy atom. The molecule has 12 rings (SSSR count). The van der Waals surface area contributed by atoms with Gasteiger partial charge in [-0.3, -0.25) is 0 Å². The largest absolute Gasteiger partial charge is 0.375 e. The number of rotatable bonds is 5. The summed E-state index contributed by atoms with van der Waals surface area (Å²) in [6.07, 6.45) is 0. The topological polar surface area (TPSA) is 46.8 Å². The lowest BCUT2D eigenvalue weighted by molar-refractivity contribution is 1.07. The number of fused-ring (bicyclic) bond motifs is 7. The molecule has 2 aliphatic heterocycles. The maximum atomic E-state index is 5.09. The number of hydrogen-bond acceptors (Lipinski definition) is 4. The normalized spacial score (nSPS) is 12.5. The van der Waals surface area contributed by atoms with Crippen LogP contribution < -0.4 is 15.8 Å². The lowest BCUT2D eigenvalue weighted by atomic mass is 9.44. The second-order valence-corrected chi connectivity index (χ2v) is 15.2. The van der Waals surface area contributed by atoms with Gasteiger partial charge in [0, 0.05) is 61.1 Å². The molecule has 4 heterocycles. The minimum atomic E-state index is -0.00409. The van der Waals surface area contributed by atoms with Crippen molar-refractivity contribution in [3.63, 3.8) is 0 Å². The van der Waals surface area contributed by atoms with Crippen molar-refractivity contribution in [2.75, 3.05) is 4.90 Å². The number of nitrogens with zero attached hydrogens (tertiary/aromatic N) is 5. The summed E-state index contributed by atoms with van der Waals surface area (Å²) in [5, 5.41) is 2.57. The maximum Gasteiger partial charge on any atom is 0.333 e. The summed E-state index contributed by atoms with van der Waals surface area (Å²) in [4.78, 5) is 17.6. The van der Waals surface area contributed by atoms with Gasteiger partial charge in [-0.25, -0.2) is 15.0 Å². The molecule has 0 N–H and O–H groups in total. The van der Waals surface area contributed by atoms with Gasteiger partial charge in [0.15, 0.2) is 17.5 Å². The first-order valence-corrected chi connectivity index (χ1v) is 19.8. The van der Waals surface area contributed by atoms with Crippen molar-refractivity contribution in [2.24, 2.45) is 0 Å². The summed E-state index contributed by atoms with van der Waals surface area (Å²) >= 11 is 0. The van der Waals surface area contributed by atoms with Crippen molar-refractivity contribution in [1.82, 2.24) is 19.4 Å². The third kappa shape index (κ3) is 4.82. The summed E-state index contributed by atoms with van der Waals surface area (Å²) in [6.45, 7) is 2.30. The average molecular weight is 740 g/mol. The fourth-order valence-corrected chi connectivity index (χ4v) is 9.51. The number of benzene rings is 8. The summed E-state index contributed by atoms with van der Waals surface area (Å²) in [5.41, 5.74) is 17.6. The van der Waals surface area contributed by atoms with Crippen molar-refractivity contribution in [1.29, 1.82) is 0 Å². The first kappa shape index (κ1) is 32.7. The SMILES string of the molecule is Cc1c(-c2cccc(-c3nc(-c4ccccc4)nc(-c4ccccc4)n3)c2)cc2c3c1-c1cccc4c5ccccc5n(c14)B3c1ccccc1N2c1ccccc1. The summed E-state index contributed by atoms with van der Waals surface area (Å²) in [6, 6.07) is 67.0. The van der Waals surface area contributed by atoms with Crippen LogP contribution in [-0.4, -0.2) is 26.3 Å². The quantitative estimate of drug-likeness (QED) is 0.165. The molecule has 58 heavy (non-hydrogen) atoms. The van der Waals surface area contributed by atoms with E-state index < -0.39 is 0 Å². The van der Waals surface area contributed by atoms with E-state index in [0.29, 0.717) is 17.5 Å². The van der Waals surface area contributed by atoms with Gasteiger partial charge < -0.3 is 9.38 Å². The van der Waals surface area contributed by atoms with Gasteiger partial charge in [0.1, 0.15) is 0 Å². The van der Waals surface area contributed by atoms with E-state index in [1.54, 1.807) is 0 Å². The van der Waals surface area contributed by atoms with Crippen LogP contribution in [0.15, 0.2) is 188 Å². The van der Waals surface area contributed by atoms with Crippen LogP contribution in [0.4, 0.5) is 17.1 Å². The molecule has 2 aromatic heterocycles. The average Bonchev–Trinajstić information content (AvgIpc) is 3.63. The predicted octanol–water partition coefficient (Wildman–Crippen LogP) is 11.4. The molecule has 0 fully saturated rings. The van der Waals surface area contributed by atoms with Crippen LogP contribution in [0.1, 0.15) is 5.56 Å². The molecule has 5 nitrogen and oxygen atoms in total. The van der Waals surface area contributed by atoms with Crippen LogP contribution >= 0.6 is 0 Å². The molecule has 270 valence electrons. The van der Waals surface area contributed by atoms with Crippen LogP contribution in [0.2, 0.25) is 0 Å². The zero-order valence-electron chi connectivity index (χ0n) is 31.7. The van der Waals surface area contributed by atoms with Crippen molar-refractivity contribution in [3.05, 3.63) is 194 Å². The number of para-hydroxylation sites is 4. The molecule has 0 bridgehead atoms. The molecule has 0 saturated heterocycles. The van der Waals surface area contributed by atoms with Gasteiger partial charge >= 0.3 is 6.85 Å². The predicted molar refractivity (Wildman–Crippen MR) is 240 cm³/mol. The van der Waals surface area contributed by atoms with E-state index in [9.17, 15) is 0 Å². The van der Waals surface area contributed by atoms with E-state index in [-0.39, 0.29) is 6.85 Å². The number of hydrogen-bond donors (Lipinski definition) is 0. The highest BCUT2D eigenvalue weighted by Gasteiger charge is 2.43. The monoisotopic (exact) mass is 739 g/mol. The zero-order valence-corrected chi connectivity index (χ0v) is 31.7. The van der Waals surface area contributed by atoms with E-state index >= 15 is 0 Å². The van der Waals surface area contributed by atoms with Gasteiger partial charge in [-0.2, -0.15) is 0 Å². The zero-order chi connectivity index (χ0) is 38.3. The Balaban J connectivity index is 1.13. The van der Waals surface area contributed by atoms with Crippen molar-refractivity contribution in [2.45, 2.75) is 6.92 Å². The molecule has 2 aliphatic rings. The van der Waals surface area contributed by atoms with Crippen molar-refractivity contribution >= 4 is 56.6 Å². The van der Waals surface area contributed by atoms with Crippen LogP contribution in [0.3, 0.4) is 0 Å². The molecular weight excluding hydrogens is 705 g/mol. The van der Waals surface area contributed by atoms with Crippen molar-refractivity contribution in [3.8, 4) is 56.4 Å². The molecule has 0 unspecified atom stereocenters. The summed E-state index contributed by atoms with van der Waals surface area (Å²) in [5.74, 6) is 1.94. The van der Waals surface area contributed by atoms with Gasteiger partial charge in [-0.05, 0) is 76.5 Å². The summed E-state index contributed by atoms with van der Waals surface area (Å²) in [7, 11) is 0. The number of anilines is 3. The second-order valence-electron chi connectivity index (χ2n) is 15.2. The van der Waals surface area contributed by atoms with E-state index in [0.717, 1.165) is 27.9 Å². The van der Waals surface area contributed by atoms with Crippen LogP contribution in [0.25, 0.3) is 78.2 Å². The third-order valence-electron chi connectivity index (χ3n) is 12.0. The van der Waals surface area contributed by atoms with Gasteiger partial charge in [0.05, 0.1) is 0 Å². The smallest absolute Gasteiger partial charge is 0.333 e. The van der Waals surface area contributed by atoms with E-state index in [2.05, 4.69) is 168 Å². The van der Waals surface area contributed by atoms with Crippen molar-refractivity contribution < 1.29 is 0 Å². The Labute approximate surface area is 336 Å². The van der Waals surface area contributed by atoms with E-state index in [4.69, 9.17) is 15.0 Å². The van der Waals surface area contributed by atoms with Crippen LogP contribution in [0.5, 0.6) is 0 Å². The number of aromatic nitrogens is 4. The molecule has 10 aromatic rings. The Hall–Kier alpha value is -7.57. The molecule has 0 atom stereocenters. The minimum absolute atomic E-state index is 0.00409. The van der Waals surface area contributed by atoms with E-state index in [1.165, 1.54) is 66.4 Å². The Morgan fingerprint density at radius 3 is 1.76 bits per heavy atom. The first-order valence-electron chi connectivity index (χ1n) is 19.8. The summed E-state index contributed by atoms with van der Waals surface area (Å²) < 4.78 is 2.61. The molecule has 0 radical (unpaired) electrons. The second kappa shape index (κ2) is 12.7. The molecule has 0 aliphatic carbocycles. The first-order chi connectivity index (χ1) is 28.7. The van der Waals surface area contributed by atoms with Gasteiger partial charge in [0.25, 0.3) is 0 Å². The fraction of sp³-hybridized carbons (Fsp3) is 0.0192. The lowest BCUT2D eigenvalue weighted by Crippen LogP contribution is -2.56. The van der Waals surface area contributed by atoms with Gasteiger partial charge in [0.2, 0.25) is 0 Å². The van der Waals surface area contributed by atoms with Crippen LogP contribution in [0, 0.1) is 6.92 Å². The Kier molecular flexibility index (Phi) is 7.17. The Bertz CT molecular complexity index is 3190. The van der Waals surface area contributed by atoms with Crippen LogP contribution in [-0.2, 0) is 0 Å². The Morgan fingerprint density at radius 2 is 1.02 bits per heavy atom. The third-order valence-corrected chi connectivity index (χ3v) is 12.0. The fourth-order valence-electron chi connectivity index (χ4n) is 9.51. The highest BCUT2D eigenvalue weighted by atomic mass is 15.2. The van der Waals surface area contributed by atoms with Gasteiger partial charge in [-0.1, -0.05) is 152 Å². The van der Waals surface area contributed by atoms with E-state index in [1.807, 2.05) is 36.4 Å². The minimum Gasteiger partial charge on any atom is -0.375 e. The maximum absolute atomic E-state index is 5.09. The van der Waals surface area contributed by atoms with Gasteiger partial charge in [-0.15, -0.1) is 0 Å². The highest BCUT2D eigenvalue weighted by molar-refractivity contribution is 6.90. The lowest BCUT2D eigenvalue weighted by Gasteiger charge is -2.41. The molecular formula is C52H34BN5. The molecule has 0 amide bonds. The molecule has 0 spiro atoms. The standard InChI is InChI=1S/C52H34BN5/c1-33-42(36-21-15-22-37(31-36)52-55-50(34-17-5-2-6-18-34)54-51(56-52)35-19-7-3-8-20-35)32-46-48-47(33)41-27-16-26-40-39-25-11-13-29-44(39)58(49(40)41)53(48)43-28-12-14-30-45(43)57(46)38-23-9-4-10-24-38/h2-32H,1H3. The molecule has 6 heteroatoms. The highest BCUT2D eigenvalue weighted by Crippen LogP contribution is 2.48. The molecule has 0 saturated carbocycles.